The monoisotopic (exact) mass is 328 g/mol. The molecule has 0 saturated carbocycles. The molecule has 126 valence electrons. The number of pyridine rings is 1. The van der Waals surface area contributed by atoms with Gasteiger partial charge in [0, 0.05) is 12.3 Å². The molecular formula is C18H20N2O4. The zero-order valence-electron chi connectivity index (χ0n) is 13.7. The summed E-state index contributed by atoms with van der Waals surface area (Å²) >= 11 is 0. The van der Waals surface area contributed by atoms with Crippen LogP contribution in [-0.2, 0) is 4.79 Å². The SMILES string of the molecule is CCCC(C)(NC(=O)c1ccc(Oc2ccccc2)nc1)C(=O)O. The van der Waals surface area contributed by atoms with Gasteiger partial charge in [-0.3, -0.25) is 4.79 Å². The van der Waals surface area contributed by atoms with E-state index >= 15 is 0 Å². The van der Waals surface area contributed by atoms with Gasteiger partial charge in [0.15, 0.2) is 0 Å². The molecule has 0 fully saturated rings. The van der Waals surface area contributed by atoms with Crippen molar-refractivity contribution in [2.24, 2.45) is 0 Å². The minimum atomic E-state index is -1.30. The molecule has 2 N–H and O–H groups in total. The average molecular weight is 328 g/mol. The Kier molecular flexibility index (Phi) is 5.52. The maximum absolute atomic E-state index is 12.3. The number of hydrogen-bond donors (Lipinski definition) is 2. The summed E-state index contributed by atoms with van der Waals surface area (Å²) in [7, 11) is 0. The van der Waals surface area contributed by atoms with E-state index in [4.69, 9.17) is 4.74 Å². The van der Waals surface area contributed by atoms with Gasteiger partial charge in [-0.05, 0) is 31.5 Å². The summed E-state index contributed by atoms with van der Waals surface area (Å²) in [6.45, 7) is 3.36. The lowest BCUT2D eigenvalue weighted by Gasteiger charge is -2.25. The predicted molar refractivity (Wildman–Crippen MR) is 89.2 cm³/mol. The first-order chi connectivity index (χ1) is 11.4. The molecule has 6 heteroatoms. The second kappa shape index (κ2) is 7.59. The summed E-state index contributed by atoms with van der Waals surface area (Å²) in [4.78, 5) is 27.7. The smallest absolute Gasteiger partial charge is 0.329 e. The van der Waals surface area contributed by atoms with Crippen LogP contribution in [0, 0.1) is 0 Å². The van der Waals surface area contributed by atoms with Crippen LogP contribution < -0.4 is 10.1 Å². The molecule has 2 aromatic rings. The fourth-order valence-electron chi connectivity index (χ4n) is 2.23. The van der Waals surface area contributed by atoms with Crippen molar-refractivity contribution in [2.75, 3.05) is 0 Å². The molecule has 24 heavy (non-hydrogen) atoms. The zero-order valence-corrected chi connectivity index (χ0v) is 13.7. The van der Waals surface area contributed by atoms with Crippen molar-refractivity contribution in [1.82, 2.24) is 10.3 Å². The highest BCUT2D eigenvalue weighted by Crippen LogP contribution is 2.19. The Morgan fingerprint density at radius 3 is 2.46 bits per heavy atom. The molecule has 1 unspecified atom stereocenters. The number of carboxylic acids is 1. The molecular weight excluding hydrogens is 308 g/mol. The molecule has 1 heterocycles. The molecule has 2 rings (SSSR count). The van der Waals surface area contributed by atoms with Gasteiger partial charge in [-0.1, -0.05) is 31.5 Å². The van der Waals surface area contributed by atoms with Crippen molar-refractivity contribution in [2.45, 2.75) is 32.2 Å². The number of carbonyl (C=O) groups excluding carboxylic acids is 1. The molecule has 0 aliphatic rings. The van der Waals surface area contributed by atoms with E-state index in [9.17, 15) is 14.7 Å². The van der Waals surface area contributed by atoms with Gasteiger partial charge >= 0.3 is 5.97 Å². The Morgan fingerprint density at radius 1 is 1.21 bits per heavy atom. The van der Waals surface area contributed by atoms with E-state index in [2.05, 4.69) is 10.3 Å². The Bertz CT molecular complexity index is 701. The van der Waals surface area contributed by atoms with Crippen molar-refractivity contribution >= 4 is 11.9 Å². The first kappa shape index (κ1) is 17.5. The summed E-state index contributed by atoms with van der Waals surface area (Å²) in [5, 5.41) is 11.9. The van der Waals surface area contributed by atoms with Crippen LogP contribution in [0.5, 0.6) is 11.6 Å². The average Bonchev–Trinajstić information content (AvgIpc) is 2.56. The number of nitrogens with one attached hydrogen (secondary N) is 1. The maximum atomic E-state index is 12.3. The Labute approximate surface area is 140 Å². The number of rotatable bonds is 7. The normalized spacial score (nSPS) is 12.9. The van der Waals surface area contributed by atoms with E-state index in [0.29, 0.717) is 24.5 Å². The van der Waals surface area contributed by atoms with Crippen molar-refractivity contribution < 1.29 is 19.4 Å². The number of carboxylic acid groups (broad SMARTS) is 1. The number of nitrogens with zero attached hydrogens (tertiary/aromatic N) is 1. The summed E-state index contributed by atoms with van der Waals surface area (Å²) in [5.41, 5.74) is -1.02. The van der Waals surface area contributed by atoms with Gasteiger partial charge in [-0.15, -0.1) is 0 Å². The number of ether oxygens (including phenoxy) is 1. The van der Waals surface area contributed by atoms with Gasteiger partial charge in [0.25, 0.3) is 5.91 Å². The largest absolute Gasteiger partial charge is 0.480 e. The lowest BCUT2D eigenvalue weighted by Crippen LogP contribution is -2.52. The van der Waals surface area contributed by atoms with Crippen molar-refractivity contribution in [1.29, 1.82) is 0 Å². The molecule has 0 bridgehead atoms. The lowest BCUT2D eigenvalue weighted by molar-refractivity contribution is -0.144. The fraction of sp³-hybridized carbons (Fsp3) is 0.278. The van der Waals surface area contributed by atoms with Crippen LogP contribution in [0.1, 0.15) is 37.0 Å². The summed E-state index contributed by atoms with van der Waals surface area (Å²) in [6.07, 6.45) is 2.35. The fourth-order valence-corrected chi connectivity index (χ4v) is 2.23. The predicted octanol–water partition coefficient (Wildman–Crippen LogP) is 3.25. The molecule has 1 aromatic heterocycles. The standard InChI is InChI=1S/C18H20N2O4/c1-3-11-18(2,17(22)23)20-16(21)13-9-10-15(19-12-13)24-14-7-5-4-6-8-14/h4-10,12H,3,11H2,1-2H3,(H,20,21)(H,22,23). The second-order valence-electron chi connectivity index (χ2n) is 5.64. The molecule has 0 saturated heterocycles. The topological polar surface area (TPSA) is 88.5 Å². The van der Waals surface area contributed by atoms with Crippen LogP contribution in [0.4, 0.5) is 0 Å². The van der Waals surface area contributed by atoms with Gasteiger partial charge in [-0.25, -0.2) is 9.78 Å². The third-order valence-corrected chi connectivity index (χ3v) is 3.58. The van der Waals surface area contributed by atoms with E-state index in [1.807, 2.05) is 25.1 Å². The number of para-hydroxylation sites is 1. The number of carbonyl (C=O) groups is 2. The third kappa shape index (κ3) is 4.32. The first-order valence-corrected chi connectivity index (χ1v) is 7.69. The van der Waals surface area contributed by atoms with E-state index in [-0.39, 0.29) is 5.56 Å². The van der Waals surface area contributed by atoms with E-state index in [0.717, 1.165) is 0 Å². The molecule has 1 aromatic carbocycles. The Balaban J connectivity index is 2.07. The number of benzene rings is 1. The summed E-state index contributed by atoms with van der Waals surface area (Å²) in [5.74, 6) is -0.544. The highest BCUT2D eigenvalue weighted by atomic mass is 16.5. The molecule has 0 spiro atoms. The van der Waals surface area contributed by atoms with Crippen LogP contribution in [0.15, 0.2) is 48.7 Å². The van der Waals surface area contributed by atoms with Crippen LogP contribution >= 0.6 is 0 Å². The molecule has 6 nitrogen and oxygen atoms in total. The maximum Gasteiger partial charge on any atom is 0.329 e. The Hall–Kier alpha value is -2.89. The quantitative estimate of drug-likeness (QED) is 0.814. The Morgan fingerprint density at radius 2 is 1.92 bits per heavy atom. The van der Waals surface area contributed by atoms with Crippen molar-refractivity contribution in [3.8, 4) is 11.6 Å². The van der Waals surface area contributed by atoms with Gasteiger partial charge in [0.05, 0.1) is 5.56 Å². The van der Waals surface area contributed by atoms with Crippen LogP contribution in [0.3, 0.4) is 0 Å². The van der Waals surface area contributed by atoms with Crippen LogP contribution in [-0.4, -0.2) is 27.5 Å². The van der Waals surface area contributed by atoms with Crippen molar-refractivity contribution in [3.05, 3.63) is 54.2 Å². The van der Waals surface area contributed by atoms with Crippen LogP contribution in [0.25, 0.3) is 0 Å². The molecule has 0 aliphatic carbocycles. The van der Waals surface area contributed by atoms with E-state index < -0.39 is 17.4 Å². The number of aromatic nitrogens is 1. The van der Waals surface area contributed by atoms with Gasteiger partial charge in [-0.2, -0.15) is 0 Å². The molecule has 1 amide bonds. The summed E-state index contributed by atoms with van der Waals surface area (Å²) in [6, 6.07) is 12.3. The van der Waals surface area contributed by atoms with Crippen LogP contribution in [0.2, 0.25) is 0 Å². The molecule has 0 radical (unpaired) electrons. The zero-order chi connectivity index (χ0) is 17.6. The number of amides is 1. The highest BCUT2D eigenvalue weighted by molar-refractivity contribution is 5.97. The lowest BCUT2D eigenvalue weighted by atomic mass is 9.96. The molecule has 0 aliphatic heterocycles. The second-order valence-corrected chi connectivity index (χ2v) is 5.64. The van der Waals surface area contributed by atoms with Gasteiger partial charge in [0.2, 0.25) is 5.88 Å². The van der Waals surface area contributed by atoms with E-state index in [1.54, 1.807) is 24.3 Å². The first-order valence-electron chi connectivity index (χ1n) is 7.69. The summed E-state index contributed by atoms with van der Waals surface area (Å²) < 4.78 is 5.55. The van der Waals surface area contributed by atoms with Gasteiger partial charge in [0.1, 0.15) is 11.3 Å². The van der Waals surface area contributed by atoms with Crippen molar-refractivity contribution in [3.63, 3.8) is 0 Å². The number of aliphatic carboxylic acids is 1. The molecule has 1 atom stereocenters. The van der Waals surface area contributed by atoms with Gasteiger partial charge < -0.3 is 15.2 Å². The third-order valence-electron chi connectivity index (χ3n) is 3.58. The minimum absolute atomic E-state index is 0.277. The highest BCUT2D eigenvalue weighted by Gasteiger charge is 2.34. The van der Waals surface area contributed by atoms with E-state index in [1.165, 1.54) is 13.1 Å². The number of hydrogen-bond acceptors (Lipinski definition) is 4. The minimum Gasteiger partial charge on any atom is -0.480 e.